The van der Waals surface area contributed by atoms with Crippen molar-refractivity contribution in [2.45, 2.75) is 36.7 Å². The van der Waals surface area contributed by atoms with Gasteiger partial charge >= 0.3 is 0 Å². The van der Waals surface area contributed by atoms with E-state index in [2.05, 4.69) is 58.7 Å². The third-order valence-electron chi connectivity index (χ3n) is 6.14. The molecule has 5 heteroatoms. The van der Waals surface area contributed by atoms with E-state index in [1.165, 1.54) is 21.6 Å². The fourth-order valence-corrected chi connectivity index (χ4v) is 5.69. The fraction of sp³-hybridized carbons (Fsp3) is 0.269. The van der Waals surface area contributed by atoms with Gasteiger partial charge in [0.15, 0.2) is 0 Å². The standard InChI is InChI=1S/C26H25ClN2OS/c27-21-11-8-18(9-12-21)17-29-14-15-31-25-13-10-20(16-24(25)29)26(30)28-23-7-3-5-19-4-1-2-6-22(19)23/h1-2,4,6,8-13,16,23H,3,5,7,14-15,17H2,(H,28,30). The maximum atomic E-state index is 13.2. The molecule has 0 saturated carbocycles. The molecule has 31 heavy (non-hydrogen) atoms. The van der Waals surface area contributed by atoms with Crippen molar-refractivity contribution < 1.29 is 4.79 Å². The van der Waals surface area contributed by atoms with Gasteiger partial charge in [0.2, 0.25) is 0 Å². The molecule has 1 N–H and O–H groups in total. The van der Waals surface area contributed by atoms with Crippen LogP contribution in [0.2, 0.25) is 5.02 Å². The van der Waals surface area contributed by atoms with E-state index in [0.717, 1.165) is 54.4 Å². The average Bonchev–Trinajstić information content (AvgIpc) is 2.81. The van der Waals surface area contributed by atoms with E-state index in [1.54, 1.807) is 0 Å². The van der Waals surface area contributed by atoms with E-state index in [4.69, 9.17) is 11.6 Å². The minimum atomic E-state index is 0.00604. The van der Waals surface area contributed by atoms with Gasteiger partial charge in [-0.05, 0) is 66.3 Å². The van der Waals surface area contributed by atoms with Crippen LogP contribution in [0, 0.1) is 0 Å². The Bertz CT molecular complexity index is 1100. The van der Waals surface area contributed by atoms with Crippen LogP contribution < -0.4 is 10.2 Å². The Morgan fingerprint density at radius 1 is 1.10 bits per heavy atom. The number of carbonyl (C=O) groups excluding carboxylic acids is 1. The molecule has 3 aromatic rings. The molecular weight excluding hydrogens is 424 g/mol. The highest BCUT2D eigenvalue weighted by Crippen LogP contribution is 2.37. The van der Waals surface area contributed by atoms with Crippen molar-refractivity contribution >= 4 is 35.0 Å². The van der Waals surface area contributed by atoms with Gasteiger partial charge in [-0.3, -0.25) is 4.79 Å². The van der Waals surface area contributed by atoms with Gasteiger partial charge in [0.05, 0.1) is 11.7 Å². The topological polar surface area (TPSA) is 32.3 Å². The highest BCUT2D eigenvalue weighted by molar-refractivity contribution is 7.99. The Labute approximate surface area is 192 Å². The molecule has 0 spiro atoms. The minimum Gasteiger partial charge on any atom is -0.365 e. The Hall–Kier alpha value is -2.43. The fourth-order valence-electron chi connectivity index (χ4n) is 4.53. The number of hydrogen-bond acceptors (Lipinski definition) is 3. The van der Waals surface area contributed by atoms with Crippen LogP contribution in [-0.2, 0) is 13.0 Å². The second-order valence-electron chi connectivity index (χ2n) is 8.20. The summed E-state index contributed by atoms with van der Waals surface area (Å²) in [6.45, 7) is 1.77. The van der Waals surface area contributed by atoms with E-state index in [9.17, 15) is 4.79 Å². The first-order valence-corrected chi connectivity index (χ1v) is 12.2. The number of fused-ring (bicyclic) bond motifs is 2. The van der Waals surface area contributed by atoms with E-state index in [0.29, 0.717) is 0 Å². The van der Waals surface area contributed by atoms with Gasteiger partial charge in [-0.2, -0.15) is 0 Å². The van der Waals surface area contributed by atoms with Crippen molar-refractivity contribution in [3.63, 3.8) is 0 Å². The molecule has 0 radical (unpaired) electrons. The maximum absolute atomic E-state index is 13.2. The molecule has 0 fully saturated rings. The maximum Gasteiger partial charge on any atom is 0.251 e. The molecule has 5 rings (SSSR count). The van der Waals surface area contributed by atoms with E-state index in [1.807, 2.05) is 30.0 Å². The molecule has 1 amide bonds. The highest BCUT2D eigenvalue weighted by Gasteiger charge is 2.24. The summed E-state index contributed by atoms with van der Waals surface area (Å²) in [6, 6.07) is 22.7. The normalized spacial score (nSPS) is 17.6. The van der Waals surface area contributed by atoms with Crippen molar-refractivity contribution in [1.82, 2.24) is 5.32 Å². The van der Waals surface area contributed by atoms with Gasteiger partial charge in [0.25, 0.3) is 5.91 Å². The van der Waals surface area contributed by atoms with Crippen LogP contribution in [0.3, 0.4) is 0 Å². The number of rotatable bonds is 4. The molecular formula is C26H25ClN2OS. The van der Waals surface area contributed by atoms with Crippen molar-refractivity contribution in [2.75, 3.05) is 17.2 Å². The number of thioether (sulfide) groups is 1. The van der Waals surface area contributed by atoms with Crippen molar-refractivity contribution in [2.24, 2.45) is 0 Å². The highest BCUT2D eigenvalue weighted by atomic mass is 35.5. The monoisotopic (exact) mass is 448 g/mol. The SMILES string of the molecule is O=C(NC1CCCc2ccccc21)c1ccc2c(c1)N(Cc1ccc(Cl)cc1)CCS2. The molecule has 0 bridgehead atoms. The van der Waals surface area contributed by atoms with Crippen LogP contribution >= 0.6 is 23.4 Å². The molecule has 1 aliphatic carbocycles. The van der Waals surface area contributed by atoms with Crippen LogP contribution in [0.5, 0.6) is 0 Å². The van der Waals surface area contributed by atoms with Crippen LogP contribution in [-0.4, -0.2) is 18.2 Å². The Balaban J connectivity index is 1.36. The van der Waals surface area contributed by atoms with Crippen molar-refractivity contribution in [3.05, 3.63) is 94.0 Å². The molecule has 0 aromatic heterocycles. The predicted molar refractivity (Wildman–Crippen MR) is 129 cm³/mol. The van der Waals surface area contributed by atoms with Gasteiger partial charge in [0, 0.05) is 34.3 Å². The molecule has 1 aliphatic heterocycles. The summed E-state index contributed by atoms with van der Waals surface area (Å²) in [7, 11) is 0. The summed E-state index contributed by atoms with van der Waals surface area (Å²) >= 11 is 7.90. The van der Waals surface area contributed by atoms with Crippen LogP contribution in [0.15, 0.2) is 71.6 Å². The lowest BCUT2D eigenvalue weighted by atomic mass is 9.87. The number of benzene rings is 3. The number of halogens is 1. The third kappa shape index (κ3) is 4.46. The number of nitrogens with one attached hydrogen (secondary N) is 1. The number of carbonyl (C=O) groups is 1. The number of amides is 1. The number of aryl methyl sites for hydroxylation is 1. The molecule has 1 unspecified atom stereocenters. The first-order chi connectivity index (χ1) is 15.2. The summed E-state index contributed by atoms with van der Waals surface area (Å²) < 4.78 is 0. The molecule has 1 heterocycles. The number of anilines is 1. The zero-order chi connectivity index (χ0) is 21.2. The average molecular weight is 449 g/mol. The first-order valence-electron chi connectivity index (χ1n) is 10.8. The predicted octanol–water partition coefficient (Wildman–Crippen LogP) is 6.26. The van der Waals surface area contributed by atoms with Gasteiger partial charge in [-0.15, -0.1) is 11.8 Å². The largest absolute Gasteiger partial charge is 0.365 e. The lowest BCUT2D eigenvalue weighted by Crippen LogP contribution is -2.32. The lowest BCUT2D eigenvalue weighted by molar-refractivity contribution is 0.0932. The summed E-state index contributed by atoms with van der Waals surface area (Å²) in [5.41, 5.74) is 5.71. The Morgan fingerprint density at radius 3 is 2.81 bits per heavy atom. The van der Waals surface area contributed by atoms with Crippen LogP contribution in [0.25, 0.3) is 0 Å². The summed E-state index contributed by atoms with van der Waals surface area (Å²) in [6.07, 6.45) is 3.20. The molecule has 0 saturated heterocycles. The van der Waals surface area contributed by atoms with Crippen molar-refractivity contribution in [1.29, 1.82) is 0 Å². The first kappa shape index (κ1) is 20.5. The van der Waals surface area contributed by atoms with Crippen LogP contribution in [0.1, 0.15) is 45.9 Å². The zero-order valence-electron chi connectivity index (χ0n) is 17.3. The lowest BCUT2D eigenvalue weighted by Gasteiger charge is -2.31. The Kier molecular flexibility index (Phi) is 5.93. The van der Waals surface area contributed by atoms with Gasteiger partial charge in [0.1, 0.15) is 0 Å². The molecule has 3 nitrogen and oxygen atoms in total. The number of nitrogens with zero attached hydrogens (tertiary/aromatic N) is 1. The zero-order valence-corrected chi connectivity index (χ0v) is 18.9. The summed E-state index contributed by atoms with van der Waals surface area (Å²) in [5, 5.41) is 4.04. The minimum absolute atomic E-state index is 0.00604. The van der Waals surface area contributed by atoms with Crippen LogP contribution in [0.4, 0.5) is 5.69 Å². The Morgan fingerprint density at radius 2 is 1.94 bits per heavy atom. The second-order valence-corrected chi connectivity index (χ2v) is 9.77. The molecule has 158 valence electrons. The molecule has 3 aromatic carbocycles. The van der Waals surface area contributed by atoms with E-state index in [-0.39, 0.29) is 11.9 Å². The summed E-state index contributed by atoms with van der Waals surface area (Å²) in [4.78, 5) is 16.8. The van der Waals surface area contributed by atoms with Gasteiger partial charge < -0.3 is 10.2 Å². The second kappa shape index (κ2) is 8.97. The molecule has 2 aliphatic rings. The van der Waals surface area contributed by atoms with E-state index >= 15 is 0 Å². The third-order valence-corrected chi connectivity index (χ3v) is 7.44. The van der Waals surface area contributed by atoms with Crippen molar-refractivity contribution in [3.8, 4) is 0 Å². The van der Waals surface area contributed by atoms with E-state index < -0.39 is 0 Å². The smallest absolute Gasteiger partial charge is 0.251 e. The van der Waals surface area contributed by atoms with Gasteiger partial charge in [-0.25, -0.2) is 0 Å². The summed E-state index contributed by atoms with van der Waals surface area (Å²) in [5.74, 6) is 1.05. The quantitative estimate of drug-likeness (QED) is 0.511. The molecule has 1 atom stereocenters. The van der Waals surface area contributed by atoms with Gasteiger partial charge in [-0.1, -0.05) is 48.0 Å². The number of hydrogen-bond donors (Lipinski definition) is 1.